The average molecular weight is 345 g/mol. The van der Waals surface area contributed by atoms with Crippen LogP contribution < -0.4 is 11.1 Å². The van der Waals surface area contributed by atoms with E-state index < -0.39 is 24.9 Å². The number of benzene rings is 1. The Morgan fingerprint density at radius 2 is 2.00 bits per heavy atom. The van der Waals surface area contributed by atoms with Crippen molar-refractivity contribution >= 4 is 18.3 Å². The summed E-state index contributed by atoms with van der Waals surface area (Å²) in [7, 11) is 0. The van der Waals surface area contributed by atoms with E-state index in [9.17, 15) is 13.6 Å². The van der Waals surface area contributed by atoms with Gasteiger partial charge in [0.15, 0.2) is 0 Å². The molecule has 0 unspecified atom stereocenters. The maximum absolute atomic E-state index is 13.1. The summed E-state index contributed by atoms with van der Waals surface area (Å²) in [5.74, 6) is -3.71. The molecule has 23 heavy (non-hydrogen) atoms. The highest BCUT2D eigenvalue weighted by molar-refractivity contribution is 5.95. The summed E-state index contributed by atoms with van der Waals surface area (Å²) in [6.45, 7) is 2.04. The van der Waals surface area contributed by atoms with Gasteiger partial charge in [-0.05, 0) is 25.5 Å². The molecule has 1 amide bonds. The van der Waals surface area contributed by atoms with E-state index in [1.807, 2.05) is 31.2 Å². The van der Waals surface area contributed by atoms with E-state index in [1.165, 1.54) is 6.20 Å². The number of amides is 1. The maximum Gasteiger partial charge on any atom is 0.277 e. The lowest BCUT2D eigenvalue weighted by Crippen LogP contribution is -2.41. The van der Waals surface area contributed by atoms with E-state index >= 15 is 0 Å². The molecule has 0 aliphatic rings. The van der Waals surface area contributed by atoms with Crippen LogP contribution in [0.2, 0.25) is 0 Å². The zero-order valence-corrected chi connectivity index (χ0v) is 13.7. The minimum absolute atomic E-state index is 0. The molecular formula is C15H19ClF2N4O. The van der Waals surface area contributed by atoms with Crippen LogP contribution in [0.4, 0.5) is 8.78 Å². The SMILES string of the molecule is Cc1ccccc1-n1ncc(C(=O)NCC(F)(F)CN)c1C.Cl. The third-order valence-electron chi connectivity index (χ3n) is 3.40. The lowest BCUT2D eigenvalue weighted by molar-refractivity contribution is 0.0118. The van der Waals surface area contributed by atoms with E-state index in [1.54, 1.807) is 11.6 Å². The number of carbonyl (C=O) groups excluding carboxylic acids is 1. The Kier molecular flexibility index (Phi) is 6.23. The highest BCUT2D eigenvalue weighted by Crippen LogP contribution is 2.17. The second-order valence-electron chi connectivity index (χ2n) is 5.08. The van der Waals surface area contributed by atoms with E-state index in [0.717, 1.165) is 11.3 Å². The van der Waals surface area contributed by atoms with Gasteiger partial charge in [0.05, 0.1) is 36.2 Å². The summed E-state index contributed by atoms with van der Waals surface area (Å²) in [6, 6.07) is 7.57. The van der Waals surface area contributed by atoms with E-state index in [0.29, 0.717) is 5.69 Å². The number of nitrogens with two attached hydrogens (primary N) is 1. The number of hydrogen-bond acceptors (Lipinski definition) is 3. The van der Waals surface area contributed by atoms with Gasteiger partial charge in [-0.1, -0.05) is 18.2 Å². The van der Waals surface area contributed by atoms with Crippen LogP contribution in [0.25, 0.3) is 5.69 Å². The Hall–Kier alpha value is -1.99. The summed E-state index contributed by atoms with van der Waals surface area (Å²) in [5.41, 5.74) is 7.62. The summed E-state index contributed by atoms with van der Waals surface area (Å²) in [6.07, 6.45) is 1.37. The van der Waals surface area contributed by atoms with Gasteiger partial charge in [0.1, 0.15) is 0 Å². The van der Waals surface area contributed by atoms with Gasteiger partial charge in [0.2, 0.25) is 0 Å². The van der Waals surface area contributed by atoms with Crippen molar-refractivity contribution in [2.45, 2.75) is 19.8 Å². The molecule has 0 saturated carbocycles. The molecule has 0 fully saturated rings. The first-order chi connectivity index (χ1) is 10.4. The molecule has 2 rings (SSSR count). The molecule has 0 saturated heterocycles. The van der Waals surface area contributed by atoms with E-state index in [-0.39, 0.29) is 18.0 Å². The van der Waals surface area contributed by atoms with Crippen molar-refractivity contribution < 1.29 is 13.6 Å². The Bertz CT molecular complexity index is 688. The number of alkyl halides is 2. The fourth-order valence-electron chi connectivity index (χ4n) is 2.05. The topological polar surface area (TPSA) is 72.9 Å². The summed E-state index contributed by atoms with van der Waals surface area (Å²) < 4.78 is 27.8. The van der Waals surface area contributed by atoms with Gasteiger partial charge in [-0.3, -0.25) is 4.79 Å². The van der Waals surface area contributed by atoms with Gasteiger partial charge in [-0.25, -0.2) is 13.5 Å². The Labute approximate surface area is 139 Å². The summed E-state index contributed by atoms with van der Waals surface area (Å²) >= 11 is 0. The van der Waals surface area contributed by atoms with Gasteiger partial charge < -0.3 is 11.1 Å². The Morgan fingerprint density at radius 1 is 1.35 bits per heavy atom. The van der Waals surface area contributed by atoms with E-state index in [4.69, 9.17) is 5.73 Å². The summed E-state index contributed by atoms with van der Waals surface area (Å²) in [4.78, 5) is 12.0. The van der Waals surface area contributed by atoms with Crippen molar-refractivity contribution in [2.24, 2.45) is 5.73 Å². The van der Waals surface area contributed by atoms with Gasteiger partial charge in [0.25, 0.3) is 11.8 Å². The zero-order valence-electron chi connectivity index (χ0n) is 12.8. The van der Waals surface area contributed by atoms with Crippen LogP contribution in [0.5, 0.6) is 0 Å². The number of nitrogens with zero attached hydrogens (tertiary/aromatic N) is 2. The molecular weight excluding hydrogens is 326 g/mol. The van der Waals surface area contributed by atoms with Crippen LogP contribution in [-0.4, -0.2) is 34.7 Å². The predicted molar refractivity (Wildman–Crippen MR) is 86.6 cm³/mol. The fourth-order valence-corrected chi connectivity index (χ4v) is 2.05. The van der Waals surface area contributed by atoms with Crippen LogP contribution in [-0.2, 0) is 0 Å². The molecule has 1 heterocycles. The van der Waals surface area contributed by atoms with Gasteiger partial charge in [-0.15, -0.1) is 12.4 Å². The molecule has 0 aliphatic heterocycles. The minimum atomic E-state index is -3.12. The third kappa shape index (κ3) is 4.27. The van der Waals surface area contributed by atoms with Crippen LogP contribution in [0.15, 0.2) is 30.5 Å². The second kappa shape index (κ2) is 7.52. The number of carbonyl (C=O) groups is 1. The van der Waals surface area contributed by atoms with Crippen LogP contribution >= 0.6 is 12.4 Å². The number of halogens is 3. The Balaban J connectivity index is 0.00000264. The number of nitrogens with one attached hydrogen (secondary N) is 1. The standard InChI is InChI=1S/C15H18F2N4O.ClH/c1-10-5-3-4-6-13(10)21-11(2)12(7-20-21)14(22)19-9-15(16,17)8-18;/h3-7H,8-9,18H2,1-2H3,(H,19,22);1H. The molecule has 3 N–H and O–H groups in total. The predicted octanol–water partition coefficient (Wildman–Crippen LogP) is 2.23. The Morgan fingerprint density at radius 3 is 2.61 bits per heavy atom. The van der Waals surface area contributed by atoms with Crippen molar-refractivity contribution in [1.29, 1.82) is 0 Å². The van der Waals surface area contributed by atoms with Crippen molar-refractivity contribution in [3.63, 3.8) is 0 Å². The highest BCUT2D eigenvalue weighted by Gasteiger charge is 2.28. The normalized spacial score (nSPS) is 11.0. The van der Waals surface area contributed by atoms with Crippen molar-refractivity contribution in [2.75, 3.05) is 13.1 Å². The van der Waals surface area contributed by atoms with Gasteiger partial charge in [0, 0.05) is 0 Å². The average Bonchev–Trinajstić information content (AvgIpc) is 2.87. The lowest BCUT2D eigenvalue weighted by Gasteiger charge is -2.14. The fraction of sp³-hybridized carbons (Fsp3) is 0.333. The molecule has 2 aromatic rings. The smallest absolute Gasteiger partial charge is 0.277 e. The number of para-hydroxylation sites is 1. The molecule has 0 spiro atoms. The van der Waals surface area contributed by atoms with Crippen LogP contribution in [0.1, 0.15) is 21.6 Å². The van der Waals surface area contributed by atoms with Crippen LogP contribution in [0, 0.1) is 13.8 Å². The number of rotatable bonds is 5. The molecule has 0 aliphatic carbocycles. The molecule has 8 heteroatoms. The van der Waals surface area contributed by atoms with Crippen LogP contribution in [0.3, 0.4) is 0 Å². The zero-order chi connectivity index (χ0) is 16.3. The largest absolute Gasteiger partial charge is 0.346 e. The molecule has 126 valence electrons. The van der Waals surface area contributed by atoms with Crippen molar-refractivity contribution in [3.8, 4) is 5.69 Å². The minimum Gasteiger partial charge on any atom is -0.346 e. The molecule has 0 atom stereocenters. The quantitative estimate of drug-likeness (QED) is 0.873. The van der Waals surface area contributed by atoms with E-state index in [2.05, 4.69) is 10.4 Å². The van der Waals surface area contributed by atoms with Gasteiger partial charge >= 0.3 is 0 Å². The number of aromatic nitrogens is 2. The maximum atomic E-state index is 13.1. The number of aryl methyl sites for hydroxylation is 1. The second-order valence-corrected chi connectivity index (χ2v) is 5.08. The lowest BCUT2D eigenvalue weighted by atomic mass is 10.2. The molecule has 5 nitrogen and oxygen atoms in total. The first-order valence-electron chi connectivity index (χ1n) is 6.82. The molecule has 1 aromatic heterocycles. The summed E-state index contributed by atoms with van der Waals surface area (Å²) in [5, 5.41) is 6.36. The molecule has 0 radical (unpaired) electrons. The highest BCUT2D eigenvalue weighted by atomic mass is 35.5. The number of hydrogen-bond donors (Lipinski definition) is 2. The third-order valence-corrected chi connectivity index (χ3v) is 3.40. The molecule has 0 bridgehead atoms. The van der Waals surface area contributed by atoms with Crippen molar-refractivity contribution in [1.82, 2.24) is 15.1 Å². The van der Waals surface area contributed by atoms with Gasteiger partial charge in [-0.2, -0.15) is 5.10 Å². The first-order valence-corrected chi connectivity index (χ1v) is 6.82. The first kappa shape index (κ1) is 19.1. The molecule has 1 aromatic carbocycles. The monoisotopic (exact) mass is 344 g/mol. The van der Waals surface area contributed by atoms with Crippen molar-refractivity contribution in [3.05, 3.63) is 47.3 Å².